The average Bonchev–Trinajstić information content (AvgIpc) is 3.15. The van der Waals surface area contributed by atoms with E-state index in [-0.39, 0.29) is 5.91 Å². The summed E-state index contributed by atoms with van der Waals surface area (Å²) in [5.74, 6) is 0.550. The summed E-state index contributed by atoms with van der Waals surface area (Å²) in [4.78, 5) is 28.2. The van der Waals surface area contributed by atoms with Gasteiger partial charge in [-0.2, -0.15) is 0 Å². The molecule has 1 aromatic carbocycles. The standard InChI is InChI=1S/C20H23N5O/c1-14-15(2)23-19-10-17(5-6-18(19)22-14)20(26)25-8-3-4-16(12-25)11-24-9-7-21-13-24/h5-7,9-10,13,16H,3-4,8,11-12H2,1-2H3/t16-/m0/s1. The molecule has 0 bridgehead atoms. The van der Waals surface area contributed by atoms with Crippen LogP contribution in [0.25, 0.3) is 11.0 Å². The molecule has 4 rings (SSSR count). The Morgan fingerprint density at radius 2 is 2.00 bits per heavy atom. The number of carbonyl (C=O) groups is 1. The van der Waals surface area contributed by atoms with Crippen LogP contribution in [0.5, 0.6) is 0 Å². The summed E-state index contributed by atoms with van der Waals surface area (Å²) < 4.78 is 2.09. The van der Waals surface area contributed by atoms with E-state index in [4.69, 9.17) is 0 Å². The van der Waals surface area contributed by atoms with Crippen LogP contribution in [0, 0.1) is 19.8 Å². The Morgan fingerprint density at radius 3 is 2.77 bits per heavy atom. The van der Waals surface area contributed by atoms with Crippen molar-refractivity contribution in [3.8, 4) is 0 Å². The minimum atomic E-state index is 0.0854. The molecule has 3 aromatic rings. The van der Waals surface area contributed by atoms with Crippen LogP contribution in [0.4, 0.5) is 0 Å². The first kappa shape index (κ1) is 16.7. The Hall–Kier alpha value is -2.76. The minimum absolute atomic E-state index is 0.0854. The molecule has 3 heterocycles. The van der Waals surface area contributed by atoms with Gasteiger partial charge in [-0.15, -0.1) is 0 Å². The highest BCUT2D eigenvalue weighted by atomic mass is 16.2. The molecule has 134 valence electrons. The fourth-order valence-electron chi connectivity index (χ4n) is 3.64. The van der Waals surface area contributed by atoms with Gasteiger partial charge in [0.15, 0.2) is 0 Å². The Balaban J connectivity index is 1.52. The van der Waals surface area contributed by atoms with E-state index in [0.717, 1.165) is 54.9 Å². The van der Waals surface area contributed by atoms with Crippen molar-refractivity contribution in [2.75, 3.05) is 13.1 Å². The lowest BCUT2D eigenvalue weighted by molar-refractivity contribution is 0.0662. The third-order valence-corrected chi connectivity index (χ3v) is 5.16. The van der Waals surface area contributed by atoms with Gasteiger partial charge in [-0.25, -0.2) is 15.0 Å². The molecule has 1 fully saturated rings. The van der Waals surface area contributed by atoms with Gasteiger partial charge in [0.05, 0.1) is 28.7 Å². The van der Waals surface area contributed by atoms with E-state index < -0.39 is 0 Å². The van der Waals surface area contributed by atoms with Crippen LogP contribution < -0.4 is 0 Å². The van der Waals surface area contributed by atoms with E-state index >= 15 is 0 Å². The van der Waals surface area contributed by atoms with Gasteiger partial charge in [0.1, 0.15) is 0 Å². The van der Waals surface area contributed by atoms with Crippen molar-refractivity contribution in [1.82, 2.24) is 24.4 Å². The lowest BCUT2D eigenvalue weighted by Crippen LogP contribution is -2.41. The van der Waals surface area contributed by atoms with Crippen molar-refractivity contribution in [1.29, 1.82) is 0 Å². The Morgan fingerprint density at radius 1 is 1.19 bits per heavy atom. The first-order valence-electron chi connectivity index (χ1n) is 9.10. The summed E-state index contributed by atoms with van der Waals surface area (Å²) in [6.45, 7) is 6.41. The van der Waals surface area contributed by atoms with Gasteiger partial charge in [0, 0.05) is 37.6 Å². The molecule has 0 N–H and O–H groups in total. The fourth-order valence-corrected chi connectivity index (χ4v) is 3.64. The molecule has 0 spiro atoms. The van der Waals surface area contributed by atoms with E-state index in [1.54, 1.807) is 6.20 Å². The number of benzene rings is 1. The SMILES string of the molecule is Cc1nc2ccc(C(=O)N3CCC[C@@H](Cn4ccnc4)C3)cc2nc1C. The van der Waals surface area contributed by atoms with Crippen molar-refractivity contribution in [2.24, 2.45) is 5.92 Å². The topological polar surface area (TPSA) is 63.9 Å². The van der Waals surface area contributed by atoms with E-state index in [2.05, 4.69) is 19.5 Å². The van der Waals surface area contributed by atoms with Crippen LogP contribution in [0.2, 0.25) is 0 Å². The number of amides is 1. The Kier molecular flexibility index (Phi) is 4.41. The highest BCUT2D eigenvalue weighted by Gasteiger charge is 2.25. The summed E-state index contributed by atoms with van der Waals surface area (Å²) in [6.07, 6.45) is 7.80. The molecule has 6 heteroatoms. The number of rotatable bonds is 3. The molecule has 0 aliphatic carbocycles. The van der Waals surface area contributed by atoms with Crippen LogP contribution in [0.3, 0.4) is 0 Å². The number of aromatic nitrogens is 4. The number of imidazole rings is 1. The summed E-state index contributed by atoms with van der Waals surface area (Å²) in [5, 5.41) is 0. The lowest BCUT2D eigenvalue weighted by Gasteiger charge is -2.33. The number of carbonyl (C=O) groups excluding carboxylic acids is 1. The van der Waals surface area contributed by atoms with Gasteiger partial charge in [0.25, 0.3) is 5.91 Å². The molecule has 26 heavy (non-hydrogen) atoms. The molecule has 1 aliphatic rings. The maximum Gasteiger partial charge on any atom is 0.253 e. The summed E-state index contributed by atoms with van der Waals surface area (Å²) in [6, 6.07) is 5.64. The predicted molar refractivity (Wildman–Crippen MR) is 99.9 cm³/mol. The van der Waals surface area contributed by atoms with Crippen LogP contribution >= 0.6 is 0 Å². The van der Waals surface area contributed by atoms with Gasteiger partial charge in [-0.1, -0.05) is 0 Å². The van der Waals surface area contributed by atoms with Crippen LogP contribution in [-0.2, 0) is 6.54 Å². The van der Waals surface area contributed by atoms with Gasteiger partial charge in [-0.05, 0) is 50.8 Å². The zero-order valence-corrected chi connectivity index (χ0v) is 15.2. The molecule has 0 saturated carbocycles. The zero-order chi connectivity index (χ0) is 18.1. The van der Waals surface area contributed by atoms with E-state index in [0.29, 0.717) is 11.5 Å². The second-order valence-electron chi connectivity index (χ2n) is 7.12. The number of fused-ring (bicyclic) bond motifs is 1. The van der Waals surface area contributed by atoms with Crippen molar-refractivity contribution in [2.45, 2.75) is 33.2 Å². The second kappa shape index (κ2) is 6.86. The third-order valence-electron chi connectivity index (χ3n) is 5.16. The molecule has 2 aromatic heterocycles. The van der Waals surface area contributed by atoms with E-state index in [9.17, 15) is 4.79 Å². The molecule has 1 amide bonds. The van der Waals surface area contributed by atoms with Crippen molar-refractivity contribution in [3.63, 3.8) is 0 Å². The van der Waals surface area contributed by atoms with Gasteiger partial charge in [0.2, 0.25) is 0 Å². The van der Waals surface area contributed by atoms with Crippen LogP contribution in [-0.4, -0.2) is 43.4 Å². The molecule has 1 aliphatic heterocycles. The van der Waals surface area contributed by atoms with Crippen molar-refractivity contribution >= 4 is 16.9 Å². The molecule has 1 atom stereocenters. The summed E-state index contributed by atoms with van der Waals surface area (Å²) in [5.41, 5.74) is 4.14. The number of piperidine rings is 1. The second-order valence-corrected chi connectivity index (χ2v) is 7.12. The number of hydrogen-bond donors (Lipinski definition) is 0. The highest BCUT2D eigenvalue weighted by Crippen LogP contribution is 2.22. The van der Waals surface area contributed by atoms with Crippen LogP contribution in [0.1, 0.15) is 34.6 Å². The predicted octanol–water partition coefficient (Wildman–Crippen LogP) is 3.00. The number of likely N-dealkylation sites (tertiary alicyclic amines) is 1. The number of nitrogens with zero attached hydrogens (tertiary/aromatic N) is 5. The van der Waals surface area contributed by atoms with Gasteiger partial charge in [-0.3, -0.25) is 4.79 Å². The maximum absolute atomic E-state index is 13.0. The molecular formula is C20H23N5O. The summed E-state index contributed by atoms with van der Waals surface area (Å²) in [7, 11) is 0. The maximum atomic E-state index is 13.0. The van der Waals surface area contributed by atoms with Crippen LogP contribution in [0.15, 0.2) is 36.9 Å². The van der Waals surface area contributed by atoms with E-state index in [1.807, 2.05) is 49.5 Å². The number of aryl methyl sites for hydroxylation is 2. The molecule has 0 radical (unpaired) electrons. The third kappa shape index (κ3) is 3.31. The van der Waals surface area contributed by atoms with Gasteiger partial charge >= 0.3 is 0 Å². The first-order chi connectivity index (χ1) is 12.6. The average molecular weight is 349 g/mol. The first-order valence-corrected chi connectivity index (χ1v) is 9.10. The van der Waals surface area contributed by atoms with Crippen molar-refractivity contribution in [3.05, 3.63) is 53.9 Å². The van der Waals surface area contributed by atoms with E-state index in [1.165, 1.54) is 0 Å². The Bertz CT molecular complexity index is 935. The van der Waals surface area contributed by atoms with Gasteiger partial charge < -0.3 is 9.47 Å². The normalized spacial score (nSPS) is 17.6. The molecule has 0 unspecified atom stereocenters. The lowest BCUT2D eigenvalue weighted by atomic mass is 9.97. The smallest absolute Gasteiger partial charge is 0.253 e. The zero-order valence-electron chi connectivity index (χ0n) is 15.2. The number of hydrogen-bond acceptors (Lipinski definition) is 4. The largest absolute Gasteiger partial charge is 0.338 e. The molecule has 1 saturated heterocycles. The highest BCUT2D eigenvalue weighted by molar-refractivity contribution is 5.97. The summed E-state index contributed by atoms with van der Waals surface area (Å²) >= 11 is 0. The fraction of sp³-hybridized carbons (Fsp3) is 0.400. The molecular weight excluding hydrogens is 326 g/mol. The molecule has 6 nitrogen and oxygen atoms in total. The monoisotopic (exact) mass is 349 g/mol. The minimum Gasteiger partial charge on any atom is -0.338 e. The Labute approximate surface area is 152 Å². The quantitative estimate of drug-likeness (QED) is 0.729. The van der Waals surface area contributed by atoms with Crippen molar-refractivity contribution < 1.29 is 4.79 Å².